The van der Waals surface area contributed by atoms with Gasteiger partial charge in [0.1, 0.15) is 0 Å². The van der Waals surface area contributed by atoms with Crippen molar-refractivity contribution in [3.8, 4) is 0 Å². The molecular formula is C18H22N2O. The van der Waals surface area contributed by atoms with Crippen molar-refractivity contribution in [1.82, 2.24) is 0 Å². The van der Waals surface area contributed by atoms with E-state index in [4.69, 9.17) is 5.73 Å². The van der Waals surface area contributed by atoms with E-state index in [-0.39, 0.29) is 11.8 Å². The molecule has 0 saturated carbocycles. The first kappa shape index (κ1) is 15.1. The van der Waals surface area contributed by atoms with Crippen molar-refractivity contribution in [3.63, 3.8) is 0 Å². The number of hydrogen-bond donors (Lipinski definition) is 1. The summed E-state index contributed by atoms with van der Waals surface area (Å²) in [7, 11) is 0. The molecule has 0 fully saturated rings. The van der Waals surface area contributed by atoms with Gasteiger partial charge in [-0.25, -0.2) is 0 Å². The predicted octanol–water partition coefficient (Wildman–Crippen LogP) is 3.73. The summed E-state index contributed by atoms with van der Waals surface area (Å²) in [5.74, 6) is -0.123. The number of carbonyl (C=O) groups excluding carboxylic acids is 1. The minimum absolute atomic E-state index is 0.0898. The van der Waals surface area contributed by atoms with Gasteiger partial charge in [0, 0.05) is 17.9 Å². The normalized spacial score (nSPS) is 12.0. The SMILES string of the molecule is CCN(C(=O)C(C)c1cccc(N)c1)c1ccc(C)cc1. The number of aryl methyl sites for hydroxylation is 1. The zero-order chi connectivity index (χ0) is 15.4. The minimum atomic E-state index is -0.213. The largest absolute Gasteiger partial charge is 0.399 e. The molecule has 0 aromatic heterocycles. The van der Waals surface area contributed by atoms with Crippen LogP contribution in [-0.2, 0) is 4.79 Å². The van der Waals surface area contributed by atoms with E-state index in [1.807, 2.05) is 74.2 Å². The summed E-state index contributed by atoms with van der Waals surface area (Å²) in [5, 5.41) is 0. The average molecular weight is 282 g/mol. The Morgan fingerprint density at radius 2 is 1.86 bits per heavy atom. The second kappa shape index (κ2) is 6.44. The van der Waals surface area contributed by atoms with Crippen LogP contribution < -0.4 is 10.6 Å². The molecule has 2 aromatic carbocycles. The molecule has 0 aliphatic heterocycles. The van der Waals surface area contributed by atoms with E-state index in [0.717, 1.165) is 11.3 Å². The van der Waals surface area contributed by atoms with Crippen molar-refractivity contribution < 1.29 is 4.79 Å². The van der Waals surface area contributed by atoms with Crippen LogP contribution >= 0.6 is 0 Å². The molecule has 2 N–H and O–H groups in total. The number of nitrogens with two attached hydrogens (primary N) is 1. The van der Waals surface area contributed by atoms with Crippen LogP contribution in [0.15, 0.2) is 48.5 Å². The first-order chi connectivity index (χ1) is 10.0. The van der Waals surface area contributed by atoms with Crippen LogP contribution in [0.4, 0.5) is 11.4 Å². The van der Waals surface area contributed by atoms with Gasteiger partial charge in [-0.1, -0.05) is 29.8 Å². The zero-order valence-corrected chi connectivity index (χ0v) is 12.8. The molecule has 1 amide bonds. The monoisotopic (exact) mass is 282 g/mol. The third-order valence-electron chi connectivity index (χ3n) is 3.71. The second-order valence-electron chi connectivity index (χ2n) is 5.31. The van der Waals surface area contributed by atoms with E-state index >= 15 is 0 Å². The Kier molecular flexibility index (Phi) is 4.63. The third kappa shape index (κ3) is 3.43. The first-order valence-electron chi connectivity index (χ1n) is 7.26. The highest BCUT2D eigenvalue weighted by Gasteiger charge is 2.22. The van der Waals surface area contributed by atoms with Crippen LogP contribution in [0.25, 0.3) is 0 Å². The van der Waals surface area contributed by atoms with Crippen LogP contribution in [0.3, 0.4) is 0 Å². The molecule has 0 bridgehead atoms. The molecule has 3 heteroatoms. The average Bonchev–Trinajstić information content (AvgIpc) is 2.49. The summed E-state index contributed by atoms with van der Waals surface area (Å²) in [6, 6.07) is 15.6. The Morgan fingerprint density at radius 1 is 1.19 bits per heavy atom. The number of anilines is 2. The Morgan fingerprint density at radius 3 is 2.43 bits per heavy atom. The molecule has 110 valence electrons. The van der Waals surface area contributed by atoms with Crippen molar-refractivity contribution in [1.29, 1.82) is 0 Å². The number of rotatable bonds is 4. The third-order valence-corrected chi connectivity index (χ3v) is 3.71. The van der Waals surface area contributed by atoms with Gasteiger partial charge in [-0.2, -0.15) is 0 Å². The molecule has 0 spiro atoms. The molecule has 2 rings (SSSR count). The first-order valence-corrected chi connectivity index (χ1v) is 7.26. The lowest BCUT2D eigenvalue weighted by molar-refractivity contribution is -0.119. The maximum Gasteiger partial charge on any atom is 0.234 e. The number of amides is 1. The number of nitrogens with zero attached hydrogens (tertiary/aromatic N) is 1. The van der Waals surface area contributed by atoms with Gasteiger partial charge in [0.05, 0.1) is 5.92 Å². The van der Waals surface area contributed by atoms with Gasteiger partial charge in [0.15, 0.2) is 0 Å². The van der Waals surface area contributed by atoms with Gasteiger partial charge in [-0.05, 0) is 50.6 Å². The number of benzene rings is 2. The molecule has 3 nitrogen and oxygen atoms in total. The number of carbonyl (C=O) groups is 1. The molecule has 1 unspecified atom stereocenters. The Hall–Kier alpha value is -2.29. The highest BCUT2D eigenvalue weighted by Crippen LogP contribution is 2.24. The van der Waals surface area contributed by atoms with E-state index in [1.54, 1.807) is 0 Å². The smallest absolute Gasteiger partial charge is 0.234 e. The maximum absolute atomic E-state index is 12.8. The van der Waals surface area contributed by atoms with Crippen LogP contribution in [0.5, 0.6) is 0 Å². The lowest BCUT2D eigenvalue weighted by Gasteiger charge is -2.25. The van der Waals surface area contributed by atoms with Crippen molar-refractivity contribution in [2.75, 3.05) is 17.2 Å². The molecule has 0 radical (unpaired) electrons. The molecule has 0 aliphatic rings. The molecule has 0 heterocycles. The zero-order valence-electron chi connectivity index (χ0n) is 12.8. The van der Waals surface area contributed by atoms with Gasteiger partial charge in [0.25, 0.3) is 0 Å². The fourth-order valence-corrected chi connectivity index (χ4v) is 2.40. The topological polar surface area (TPSA) is 46.3 Å². The fraction of sp³-hybridized carbons (Fsp3) is 0.278. The summed E-state index contributed by atoms with van der Waals surface area (Å²) in [4.78, 5) is 14.6. The Bertz CT molecular complexity index is 619. The molecule has 21 heavy (non-hydrogen) atoms. The quantitative estimate of drug-likeness (QED) is 0.868. The highest BCUT2D eigenvalue weighted by molar-refractivity contribution is 5.97. The Balaban J connectivity index is 2.25. The van der Waals surface area contributed by atoms with E-state index in [1.165, 1.54) is 5.56 Å². The highest BCUT2D eigenvalue weighted by atomic mass is 16.2. The van der Waals surface area contributed by atoms with Crippen molar-refractivity contribution in [2.45, 2.75) is 26.7 Å². The number of hydrogen-bond acceptors (Lipinski definition) is 2. The van der Waals surface area contributed by atoms with E-state index < -0.39 is 0 Å². The molecule has 0 aliphatic carbocycles. The van der Waals surface area contributed by atoms with Crippen LogP contribution in [0.2, 0.25) is 0 Å². The minimum Gasteiger partial charge on any atom is -0.399 e. The molecule has 1 atom stereocenters. The van der Waals surface area contributed by atoms with Crippen LogP contribution in [0.1, 0.15) is 30.9 Å². The van der Waals surface area contributed by atoms with Gasteiger partial charge < -0.3 is 10.6 Å². The molecule has 0 saturated heterocycles. The van der Waals surface area contributed by atoms with Crippen molar-refractivity contribution >= 4 is 17.3 Å². The maximum atomic E-state index is 12.8. The van der Waals surface area contributed by atoms with Crippen molar-refractivity contribution in [2.24, 2.45) is 0 Å². The van der Waals surface area contributed by atoms with E-state index in [9.17, 15) is 4.79 Å². The second-order valence-corrected chi connectivity index (χ2v) is 5.31. The van der Waals surface area contributed by atoms with Gasteiger partial charge in [-0.3, -0.25) is 4.79 Å². The lowest BCUT2D eigenvalue weighted by Crippen LogP contribution is -2.34. The lowest BCUT2D eigenvalue weighted by atomic mass is 9.99. The number of nitrogen functional groups attached to an aromatic ring is 1. The predicted molar refractivity (Wildman–Crippen MR) is 88.5 cm³/mol. The standard InChI is InChI=1S/C18H22N2O/c1-4-20(17-10-8-13(2)9-11-17)18(21)14(3)15-6-5-7-16(19)12-15/h5-12,14H,4,19H2,1-3H3. The van der Waals surface area contributed by atoms with Gasteiger partial charge >= 0.3 is 0 Å². The van der Waals surface area contributed by atoms with Crippen LogP contribution in [0, 0.1) is 6.92 Å². The van der Waals surface area contributed by atoms with Crippen LogP contribution in [-0.4, -0.2) is 12.5 Å². The Labute approximate surface area is 126 Å². The van der Waals surface area contributed by atoms with E-state index in [0.29, 0.717) is 12.2 Å². The summed E-state index contributed by atoms with van der Waals surface area (Å²) < 4.78 is 0. The fourth-order valence-electron chi connectivity index (χ4n) is 2.40. The van der Waals surface area contributed by atoms with Gasteiger partial charge in [-0.15, -0.1) is 0 Å². The summed E-state index contributed by atoms with van der Waals surface area (Å²) in [5.41, 5.74) is 9.56. The summed E-state index contributed by atoms with van der Waals surface area (Å²) in [6.45, 7) is 6.60. The molecular weight excluding hydrogens is 260 g/mol. The van der Waals surface area contributed by atoms with Gasteiger partial charge in [0.2, 0.25) is 5.91 Å². The summed E-state index contributed by atoms with van der Waals surface area (Å²) >= 11 is 0. The number of likely N-dealkylation sites (N-methyl/N-ethyl adjacent to an activating group) is 1. The molecule has 2 aromatic rings. The summed E-state index contributed by atoms with van der Waals surface area (Å²) in [6.07, 6.45) is 0. The van der Waals surface area contributed by atoms with E-state index in [2.05, 4.69) is 0 Å². The van der Waals surface area contributed by atoms with Crippen molar-refractivity contribution in [3.05, 3.63) is 59.7 Å².